The largest absolute Gasteiger partial charge is 0.493 e. The first-order chi connectivity index (χ1) is 10.2. The Hall–Kier alpha value is -1.46. The predicted molar refractivity (Wildman–Crippen MR) is 89.9 cm³/mol. The molecule has 6 heteroatoms. The molecule has 3 N–H and O–H groups in total. The Morgan fingerprint density at radius 2 is 2.14 bits per heavy atom. The van der Waals surface area contributed by atoms with E-state index in [9.17, 15) is 4.79 Å². The molecule has 1 aromatic rings. The van der Waals surface area contributed by atoms with Gasteiger partial charge in [-0.15, -0.1) is 12.4 Å². The fourth-order valence-corrected chi connectivity index (χ4v) is 2.92. The Morgan fingerprint density at radius 3 is 2.77 bits per heavy atom. The van der Waals surface area contributed by atoms with Crippen LogP contribution in [-0.4, -0.2) is 26.2 Å². The van der Waals surface area contributed by atoms with E-state index in [0.29, 0.717) is 30.6 Å². The van der Waals surface area contributed by atoms with Crippen LogP contribution in [0.2, 0.25) is 0 Å². The minimum atomic E-state index is 0. The number of methoxy groups -OCH3 is 1. The monoisotopic (exact) mass is 328 g/mol. The SMILES string of the molecule is CCOc1ccc(NC(=O)[C@@H]2CCC[C@@H]2CN)cc1OC.Cl. The van der Waals surface area contributed by atoms with Gasteiger partial charge in [-0.2, -0.15) is 0 Å². The maximum Gasteiger partial charge on any atom is 0.227 e. The number of nitrogens with two attached hydrogens (primary N) is 1. The van der Waals surface area contributed by atoms with Gasteiger partial charge in [-0.3, -0.25) is 4.79 Å². The zero-order valence-corrected chi connectivity index (χ0v) is 13.9. The lowest BCUT2D eigenvalue weighted by Gasteiger charge is -2.18. The van der Waals surface area contributed by atoms with Crippen molar-refractivity contribution in [1.29, 1.82) is 0 Å². The lowest BCUT2D eigenvalue weighted by Crippen LogP contribution is -2.29. The summed E-state index contributed by atoms with van der Waals surface area (Å²) in [5.74, 6) is 1.67. The molecule has 22 heavy (non-hydrogen) atoms. The molecular formula is C16H25ClN2O3. The van der Waals surface area contributed by atoms with Gasteiger partial charge in [0.15, 0.2) is 11.5 Å². The maximum atomic E-state index is 12.4. The number of amides is 1. The first kappa shape index (κ1) is 18.6. The van der Waals surface area contributed by atoms with Gasteiger partial charge in [-0.1, -0.05) is 6.42 Å². The topological polar surface area (TPSA) is 73.6 Å². The van der Waals surface area contributed by atoms with Crippen LogP contribution in [0, 0.1) is 11.8 Å². The van der Waals surface area contributed by atoms with E-state index in [1.807, 2.05) is 19.1 Å². The third-order valence-electron chi connectivity index (χ3n) is 4.03. The molecule has 1 aromatic carbocycles. The van der Waals surface area contributed by atoms with Crippen LogP contribution in [0.25, 0.3) is 0 Å². The standard InChI is InChI=1S/C16H24N2O3.ClH/c1-3-21-14-8-7-12(9-15(14)20-2)18-16(19)13-6-4-5-11(13)10-17;/h7-9,11,13H,3-6,10,17H2,1-2H3,(H,18,19);1H/t11-,13-;/m1./s1. The highest BCUT2D eigenvalue weighted by Crippen LogP contribution is 2.33. The van der Waals surface area contributed by atoms with Crippen molar-refractivity contribution in [2.24, 2.45) is 17.6 Å². The molecule has 1 saturated carbocycles. The summed E-state index contributed by atoms with van der Waals surface area (Å²) in [6.45, 7) is 3.06. The molecule has 0 unspecified atom stereocenters. The molecule has 0 bridgehead atoms. The molecule has 1 aliphatic rings. The van der Waals surface area contributed by atoms with Gasteiger partial charge in [-0.05, 0) is 44.4 Å². The molecule has 5 nitrogen and oxygen atoms in total. The van der Waals surface area contributed by atoms with E-state index in [2.05, 4.69) is 5.32 Å². The van der Waals surface area contributed by atoms with Crippen LogP contribution in [0.15, 0.2) is 18.2 Å². The van der Waals surface area contributed by atoms with Gasteiger partial charge in [0.1, 0.15) is 0 Å². The second-order valence-electron chi connectivity index (χ2n) is 5.32. The zero-order valence-electron chi connectivity index (χ0n) is 13.1. The smallest absolute Gasteiger partial charge is 0.227 e. The maximum absolute atomic E-state index is 12.4. The van der Waals surface area contributed by atoms with Crippen LogP contribution in [0.3, 0.4) is 0 Å². The molecule has 0 spiro atoms. The van der Waals surface area contributed by atoms with Crippen LogP contribution in [0.1, 0.15) is 26.2 Å². The molecule has 1 fully saturated rings. The van der Waals surface area contributed by atoms with Crippen molar-refractivity contribution < 1.29 is 14.3 Å². The second kappa shape index (κ2) is 8.86. The second-order valence-corrected chi connectivity index (χ2v) is 5.32. The number of hydrogen-bond acceptors (Lipinski definition) is 4. The number of carbonyl (C=O) groups is 1. The predicted octanol–water partition coefficient (Wildman–Crippen LogP) is 2.83. The molecule has 0 saturated heterocycles. The summed E-state index contributed by atoms with van der Waals surface area (Å²) in [5.41, 5.74) is 6.46. The normalized spacial score (nSPS) is 20.1. The van der Waals surface area contributed by atoms with E-state index in [1.165, 1.54) is 0 Å². The number of benzene rings is 1. The van der Waals surface area contributed by atoms with Crippen molar-refractivity contribution in [2.75, 3.05) is 25.6 Å². The third-order valence-corrected chi connectivity index (χ3v) is 4.03. The molecule has 1 amide bonds. The van der Waals surface area contributed by atoms with E-state index in [4.69, 9.17) is 15.2 Å². The number of anilines is 1. The van der Waals surface area contributed by atoms with E-state index in [1.54, 1.807) is 13.2 Å². The van der Waals surface area contributed by atoms with Crippen LogP contribution in [-0.2, 0) is 4.79 Å². The average Bonchev–Trinajstić information content (AvgIpc) is 2.97. The Kier molecular flexibility index (Phi) is 7.48. The third kappa shape index (κ3) is 4.27. The summed E-state index contributed by atoms with van der Waals surface area (Å²) in [5, 5.41) is 2.96. The molecule has 2 rings (SSSR count). The quantitative estimate of drug-likeness (QED) is 0.842. The highest BCUT2D eigenvalue weighted by Gasteiger charge is 2.31. The summed E-state index contributed by atoms with van der Waals surface area (Å²) >= 11 is 0. The molecule has 0 heterocycles. The van der Waals surface area contributed by atoms with E-state index in [0.717, 1.165) is 24.9 Å². The van der Waals surface area contributed by atoms with Gasteiger partial charge in [-0.25, -0.2) is 0 Å². The summed E-state index contributed by atoms with van der Waals surface area (Å²) < 4.78 is 10.8. The number of ether oxygens (including phenoxy) is 2. The minimum absolute atomic E-state index is 0. The molecular weight excluding hydrogens is 304 g/mol. The highest BCUT2D eigenvalue weighted by molar-refractivity contribution is 5.93. The van der Waals surface area contributed by atoms with Gasteiger partial charge in [0.2, 0.25) is 5.91 Å². The highest BCUT2D eigenvalue weighted by atomic mass is 35.5. The Labute approximate surface area is 138 Å². The fraction of sp³-hybridized carbons (Fsp3) is 0.562. The Bertz CT molecular complexity index is 496. The minimum Gasteiger partial charge on any atom is -0.493 e. The van der Waals surface area contributed by atoms with Crippen LogP contribution >= 0.6 is 12.4 Å². The van der Waals surface area contributed by atoms with Crippen molar-refractivity contribution in [3.63, 3.8) is 0 Å². The van der Waals surface area contributed by atoms with Gasteiger partial charge in [0.25, 0.3) is 0 Å². The van der Waals surface area contributed by atoms with Gasteiger partial charge >= 0.3 is 0 Å². The first-order valence-electron chi connectivity index (χ1n) is 7.51. The molecule has 0 radical (unpaired) electrons. The number of hydrogen-bond donors (Lipinski definition) is 2. The van der Waals surface area contributed by atoms with Gasteiger partial charge < -0.3 is 20.5 Å². The number of rotatable bonds is 6. The molecule has 1 aliphatic carbocycles. The van der Waals surface area contributed by atoms with Crippen LogP contribution in [0.5, 0.6) is 11.5 Å². The van der Waals surface area contributed by atoms with Gasteiger partial charge in [0.05, 0.1) is 13.7 Å². The Balaban J connectivity index is 0.00000242. The van der Waals surface area contributed by atoms with Crippen molar-refractivity contribution in [3.8, 4) is 11.5 Å². The number of nitrogens with one attached hydrogen (secondary N) is 1. The summed E-state index contributed by atoms with van der Waals surface area (Å²) in [6, 6.07) is 5.43. The lowest BCUT2D eigenvalue weighted by atomic mass is 9.95. The van der Waals surface area contributed by atoms with Crippen molar-refractivity contribution in [1.82, 2.24) is 0 Å². The lowest BCUT2D eigenvalue weighted by molar-refractivity contribution is -0.120. The summed E-state index contributed by atoms with van der Waals surface area (Å²) in [4.78, 5) is 12.4. The van der Waals surface area contributed by atoms with E-state index < -0.39 is 0 Å². The molecule has 0 aromatic heterocycles. The number of halogens is 1. The first-order valence-corrected chi connectivity index (χ1v) is 7.51. The summed E-state index contributed by atoms with van der Waals surface area (Å²) in [6.07, 6.45) is 3.04. The zero-order chi connectivity index (χ0) is 15.2. The van der Waals surface area contributed by atoms with E-state index >= 15 is 0 Å². The van der Waals surface area contributed by atoms with Crippen molar-refractivity contribution >= 4 is 24.0 Å². The average molecular weight is 329 g/mol. The van der Waals surface area contributed by atoms with Gasteiger partial charge in [0, 0.05) is 17.7 Å². The van der Waals surface area contributed by atoms with E-state index in [-0.39, 0.29) is 24.2 Å². The summed E-state index contributed by atoms with van der Waals surface area (Å²) in [7, 11) is 1.59. The van der Waals surface area contributed by atoms with Crippen LogP contribution in [0.4, 0.5) is 5.69 Å². The fourth-order valence-electron chi connectivity index (χ4n) is 2.92. The van der Waals surface area contributed by atoms with Crippen LogP contribution < -0.4 is 20.5 Å². The van der Waals surface area contributed by atoms with Crippen molar-refractivity contribution in [3.05, 3.63) is 18.2 Å². The molecule has 124 valence electrons. The Morgan fingerprint density at radius 1 is 1.36 bits per heavy atom. The molecule has 0 aliphatic heterocycles. The molecule has 2 atom stereocenters. The van der Waals surface area contributed by atoms with Crippen molar-refractivity contribution in [2.45, 2.75) is 26.2 Å². The number of carbonyl (C=O) groups excluding carboxylic acids is 1.